The molecular weight excluding hydrogens is 314 g/mol. The summed E-state index contributed by atoms with van der Waals surface area (Å²) in [5.41, 5.74) is 2.42. The number of benzene rings is 2. The normalized spacial score (nSPS) is 10.6. The number of aliphatic hydroxyl groups is 1. The Morgan fingerprint density at radius 2 is 1.84 bits per heavy atom. The van der Waals surface area contributed by atoms with E-state index < -0.39 is 5.60 Å². The van der Waals surface area contributed by atoms with Crippen LogP contribution in [-0.2, 0) is 0 Å². The second-order valence-electron chi connectivity index (χ2n) is 6.50. The van der Waals surface area contributed by atoms with Gasteiger partial charge >= 0.3 is 0 Å². The predicted molar refractivity (Wildman–Crippen MR) is 98.8 cm³/mol. The number of hydrogen-bond acceptors (Lipinski definition) is 3. The minimum atomic E-state index is -0.933. The molecule has 0 radical (unpaired) electrons. The summed E-state index contributed by atoms with van der Waals surface area (Å²) >= 11 is 0. The third-order valence-electron chi connectivity index (χ3n) is 3.60. The van der Waals surface area contributed by atoms with Crippen molar-refractivity contribution in [3.63, 3.8) is 0 Å². The van der Waals surface area contributed by atoms with Gasteiger partial charge < -0.3 is 15.2 Å². The lowest BCUT2D eigenvalue weighted by molar-refractivity contribution is 0.0694. The van der Waals surface area contributed by atoms with Crippen LogP contribution in [0.1, 0.15) is 40.9 Å². The van der Waals surface area contributed by atoms with Crippen LogP contribution in [0.4, 0.5) is 0 Å². The standard InChI is InChI=1S/C21H23NO3/c1-15-13-19(25-4)12-11-17(15)8-5-16-6-9-18(10-7-16)20(23)22-14-21(2,3)24/h6-7,9-13,24H,14H2,1-4H3,(H,22,23). The third kappa shape index (κ3) is 5.66. The molecule has 1 amide bonds. The minimum absolute atomic E-state index is 0.199. The molecule has 2 rings (SSSR count). The van der Waals surface area contributed by atoms with Crippen LogP contribution in [0.5, 0.6) is 5.75 Å². The van der Waals surface area contributed by atoms with Crippen LogP contribution in [0.25, 0.3) is 0 Å². The summed E-state index contributed by atoms with van der Waals surface area (Å²) in [6.07, 6.45) is 0. The lowest BCUT2D eigenvalue weighted by atomic mass is 10.1. The molecule has 0 unspecified atom stereocenters. The van der Waals surface area contributed by atoms with E-state index in [4.69, 9.17) is 4.74 Å². The van der Waals surface area contributed by atoms with Crippen molar-refractivity contribution in [1.29, 1.82) is 0 Å². The van der Waals surface area contributed by atoms with Gasteiger partial charge in [-0.1, -0.05) is 11.8 Å². The quantitative estimate of drug-likeness (QED) is 0.844. The number of hydrogen-bond donors (Lipinski definition) is 2. The lowest BCUT2D eigenvalue weighted by Crippen LogP contribution is -2.38. The number of carbonyl (C=O) groups excluding carboxylic acids is 1. The van der Waals surface area contributed by atoms with E-state index in [9.17, 15) is 9.90 Å². The summed E-state index contributed by atoms with van der Waals surface area (Å²) in [5.74, 6) is 6.83. The maximum Gasteiger partial charge on any atom is 0.251 e. The Balaban J connectivity index is 2.07. The number of carbonyl (C=O) groups is 1. The van der Waals surface area contributed by atoms with Crippen molar-refractivity contribution in [1.82, 2.24) is 5.32 Å². The molecule has 0 fully saturated rings. The van der Waals surface area contributed by atoms with E-state index in [1.54, 1.807) is 33.1 Å². The Labute approximate surface area is 148 Å². The van der Waals surface area contributed by atoms with Crippen molar-refractivity contribution in [2.45, 2.75) is 26.4 Å². The molecule has 130 valence electrons. The number of aryl methyl sites for hydroxylation is 1. The van der Waals surface area contributed by atoms with E-state index >= 15 is 0 Å². The lowest BCUT2D eigenvalue weighted by Gasteiger charge is -2.17. The molecule has 2 aromatic carbocycles. The molecule has 4 heteroatoms. The number of nitrogens with one attached hydrogen (secondary N) is 1. The first-order valence-corrected chi connectivity index (χ1v) is 8.06. The second-order valence-corrected chi connectivity index (χ2v) is 6.50. The van der Waals surface area contributed by atoms with Gasteiger partial charge in [0.1, 0.15) is 5.75 Å². The molecule has 0 saturated heterocycles. The van der Waals surface area contributed by atoms with Gasteiger partial charge in [-0.05, 0) is 68.8 Å². The van der Waals surface area contributed by atoms with Crippen LogP contribution in [0.2, 0.25) is 0 Å². The highest BCUT2D eigenvalue weighted by atomic mass is 16.5. The van der Waals surface area contributed by atoms with E-state index in [0.29, 0.717) is 5.56 Å². The van der Waals surface area contributed by atoms with Gasteiger partial charge in [0.05, 0.1) is 12.7 Å². The summed E-state index contributed by atoms with van der Waals surface area (Å²) in [6, 6.07) is 12.8. The first-order valence-electron chi connectivity index (χ1n) is 8.06. The van der Waals surface area contributed by atoms with Crippen molar-refractivity contribution in [2.24, 2.45) is 0 Å². The zero-order valence-corrected chi connectivity index (χ0v) is 15.0. The van der Waals surface area contributed by atoms with Crippen molar-refractivity contribution < 1.29 is 14.6 Å². The fourth-order valence-corrected chi connectivity index (χ4v) is 2.15. The first-order chi connectivity index (χ1) is 11.8. The van der Waals surface area contributed by atoms with E-state index in [1.165, 1.54) is 0 Å². The van der Waals surface area contributed by atoms with E-state index in [2.05, 4.69) is 17.2 Å². The van der Waals surface area contributed by atoms with Crippen LogP contribution in [0, 0.1) is 18.8 Å². The molecule has 0 aliphatic rings. The third-order valence-corrected chi connectivity index (χ3v) is 3.60. The maximum atomic E-state index is 12.0. The summed E-state index contributed by atoms with van der Waals surface area (Å²) < 4.78 is 5.19. The number of methoxy groups -OCH3 is 1. The second kappa shape index (κ2) is 7.87. The van der Waals surface area contributed by atoms with Crippen LogP contribution in [0.3, 0.4) is 0 Å². The van der Waals surface area contributed by atoms with Gasteiger partial charge in [0.15, 0.2) is 0 Å². The molecule has 4 nitrogen and oxygen atoms in total. The average Bonchev–Trinajstić information content (AvgIpc) is 2.58. The fourth-order valence-electron chi connectivity index (χ4n) is 2.15. The SMILES string of the molecule is COc1ccc(C#Cc2ccc(C(=O)NCC(C)(C)O)cc2)c(C)c1. The number of rotatable bonds is 4. The van der Waals surface area contributed by atoms with Gasteiger partial charge in [-0.15, -0.1) is 0 Å². The molecule has 0 aromatic heterocycles. The molecule has 0 spiro atoms. The highest BCUT2D eigenvalue weighted by Crippen LogP contribution is 2.16. The van der Waals surface area contributed by atoms with Crippen LogP contribution < -0.4 is 10.1 Å². The van der Waals surface area contributed by atoms with Gasteiger partial charge in [-0.2, -0.15) is 0 Å². The van der Waals surface area contributed by atoms with Crippen LogP contribution >= 0.6 is 0 Å². The Bertz CT molecular complexity index is 806. The highest BCUT2D eigenvalue weighted by Gasteiger charge is 2.14. The fraction of sp³-hybridized carbons (Fsp3) is 0.286. The summed E-state index contributed by atoms with van der Waals surface area (Å²) in [5, 5.41) is 12.3. The summed E-state index contributed by atoms with van der Waals surface area (Å²) in [7, 11) is 1.64. The predicted octanol–water partition coefficient (Wildman–Crippen LogP) is 2.90. The minimum Gasteiger partial charge on any atom is -0.497 e. The molecule has 0 aliphatic carbocycles. The molecule has 0 bridgehead atoms. The monoisotopic (exact) mass is 337 g/mol. The first kappa shape index (κ1) is 18.6. The summed E-state index contributed by atoms with van der Waals surface area (Å²) in [4.78, 5) is 12.0. The summed E-state index contributed by atoms with van der Waals surface area (Å²) in [6.45, 7) is 5.48. The molecule has 2 aromatic rings. The maximum absolute atomic E-state index is 12.0. The smallest absolute Gasteiger partial charge is 0.251 e. The Hall–Kier alpha value is -2.77. The van der Waals surface area contributed by atoms with E-state index in [-0.39, 0.29) is 12.5 Å². The van der Waals surface area contributed by atoms with Gasteiger partial charge in [0.25, 0.3) is 5.91 Å². The van der Waals surface area contributed by atoms with Gasteiger partial charge in [-0.25, -0.2) is 0 Å². The van der Waals surface area contributed by atoms with Gasteiger partial charge in [0.2, 0.25) is 0 Å². The molecule has 0 aliphatic heterocycles. The Morgan fingerprint density at radius 1 is 1.16 bits per heavy atom. The van der Waals surface area contributed by atoms with Crippen LogP contribution in [0.15, 0.2) is 42.5 Å². The Morgan fingerprint density at radius 3 is 2.40 bits per heavy atom. The van der Waals surface area contributed by atoms with Crippen molar-refractivity contribution in [3.8, 4) is 17.6 Å². The zero-order valence-electron chi connectivity index (χ0n) is 15.0. The topological polar surface area (TPSA) is 58.6 Å². The molecular formula is C21H23NO3. The molecule has 2 N–H and O–H groups in total. The molecule has 0 saturated carbocycles. The van der Waals surface area contributed by atoms with E-state index in [1.807, 2.05) is 37.3 Å². The van der Waals surface area contributed by atoms with Crippen LogP contribution in [-0.4, -0.2) is 30.3 Å². The zero-order chi connectivity index (χ0) is 18.4. The van der Waals surface area contributed by atoms with Gasteiger partial charge in [-0.3, -0.25) is 4.79 Å². The number of amides is 1. The van der Waals surface area contributed by atoms with Crippen molar-refractivity contribution >= 4 is 5.91 Å². The molecule has 0 heterocycles. The Kier molecular flexibility index (Phi) is 5.84. The van der Waals surface area contributed by atoms with Crippen molar-refractivity contribution in [2.75, 3.05) is 13.7 Å². The van der Waals surface area contributed by atoms with Crippen molar-refractivity contribution in [3.05, 3.63) is 64.7 Å². The largest absolute Gasteiger partial charge is 0.497 e. The number of ether oxygens (including phenoxy) is 1. The van der Waals surface area contributed by atoms with Gasteiger partial charge in [0, 0.05) is 23.2 Å². The van der Waals surface area contributed by atoms with E-state index in [0.717, 1.165) is 22.4 Å². The molecule has 25 heavy (non-hydrogen) atoms. The molecule has 0 atom stereocenters. The highest BCUT2D eigenvalue weighted by molar-refractivity contribution is 5.94. The average molecular weight is 337 g/mol.